The molecule has 0 bridgehead atoms. The zero-order chi connectivity index (χ0) is 12.3. The number of hydrogen-bond donors (Lipinski definition) is 1. The summed E-state index contributed by atoms with van der Waals surface area (Å²) in [5.74, 6) is -0.0225. The third-order valence-electron chi connectivity index (χ3n) is 3.30. The van der Waals surface area contributed by atoms with Gasteiger partial charge >= 0.3 is 0 Å². The van der Waals surface area contributed by atoms with Gasteiger partial charge < -0.3 is 5.73 Å². The molecule has 0 heterocycles. The molecule has 4 heteroatoms. The molecule has 0 saturated heterocycles. The third kappa shape index (κ3) is 3.28. The molecule has 94 valence electrons. The molecule has 1 fully saturated rings. The van der Waals surface area contributed by atoms with Crippen LogP contribution < -0.4 is 5.73 Å². The molecule has 0 spiro atoms. The number of halogens is 1. The SMILES string of the molecule is Nc1ccc(CS(=O)C2CCCCC2)c(F)c1. The van der Waals surface area contributed by atoms with Crippen molar-refractivity contribution in [2.45, 2.75) is 43.1 Å². The van der Waals surface area contributed by atoms with Crippen LogP contribution in [0.25, 0.3) is 0 Å². The highest BCUT2D eigenvalue weighted by Gasteiger charge is 2.20. The molecular weight excluding hydrogens is 237 g/mol. The Bertz CT molecular complexity index is 416. The van der Waals surface area contributed by atoms with Crippen LogP contribution in [-0.4, -0.2) is 9.46 Å². The van der Waals surface area contributed by atoms with Gasteiger partial charge in [-0.1, -0.05) is 25.3 Å². The summed E-state index contributed by atoms with van der Waals surface area (Å²) < 4.78 is 25.7. The van der Waals surface area contributed by atoms with Crippen molar-refractivity contribution in [3.8, 4) is 0 Å². The molecule has 0 amide bonds. The quantitative estimate of drug-likeness (QED) is 0.844. The van der Waals surface area contributed by atoms with Gasteiger partial charge in [-0.2, -0.15) is 0 Å². The van der Waals surface area contributed by atoms with Crippen molar-refractivity contribution in [1.82, 2.24) is 0 Å². The Kier molecular flexibility index (Phi) is 4.15. The van der Waals surface area contributed by atoms with E-state index in [-0.39, 0.29) is 11.1 Å². The summed E-state index contributed by atoms with van der Waals surface area (Å²) in [6.07, 6.45) is 5.58. The lowest BCUT2D eigenvalue weighted by atomic mass is 10.0. The van der Waals surface area contributed by atoms with Crippen molar-refractivity contribution in [1.29, 1.82) is 0 Å². The lowest BCUT2D eigenvalue weighted by molar-refractivity contribution is 0.504. The van der Waals surface area contributed by atoms with E-state index in [1.165, 1.54) is 12.5 Å². The molecule has 2 nitrogen and oxygen atoms in total. The van der Waals surface area contributed by atoms with Gasteiger partial charge in [-0.05, 0) is 25.0 Å². The van der Waals surface area contributed by atoms with Crippen LogP contribution in [0.3, 0.4) is 0 Å². The second-order valence-electron chi connectivity index (χ2n) is 4.64. The van der Waals surface area contributed by atoms with Gasteiger partial charge in [-0.15, -0.1) is 0 Å². The summed E-state index contributed by atoms with van der Waals surface area (Å²) in [5.41, 5.74) is 6.41. The number of anilines is 1. The van der Waals surface area contributed by atoms with E-state index in [2.05, 4.69) is 0 Å². The van der Waals surface area contributed by atoms with Gasteiger partial charge in [0.05, 0.1) is 5.75 Å². The van der Waals surface area contributed by atoms with E-state index in [1.54, 1.807) is 12.1 Å². The van der Waals surface area contributed by atoms with Crippen LogP contribution in [0, 0.1) is 5.82 Å². The Morgan fingerprint density at radius 1 is 1.29 bits per heavy atom. The van der Waals surface area contributed by atoms with Crippen molar-refractivity contribution in [3.05, 3.63) is 29.6 Å². The first kappa shape index (κ1) is 12.6. The van der Waals surface area contributed by atoms with E-state index in [0.29, 0.717) is 17.0 Å². The van der Waals surface area contributed by atoms with Crippen LogP contribution in [0.2, 0.25) is 0 Å². The molecule has 1 aromatic rings. The Morgan fingerprint density at radius 3 is 2.65 bits per heavy atom. The normalized spacial score (nSPS) is 19.1. The molecular formula is C13H18FNOS. The van der Waals surface area contributed by atoms with Gasteiger partial charge in [0.1, 0.15) is 5.82 Å². The molecule has 0 aromatic heterocycles. The van der Waals surface area contributed by atoms with E-state index in [9.17, 15) is 8.60 Å². The van der Waals surface area contributed by atoms with Crippen LogP contribution in [0.4, 0.5) is 10.1 Å². The molecule has 2 rings (SSSR count). The van der Waals surface area contributed by atoms with E-state index in [0.717, 1.165) is 25.7 Å². The van der Waals surface area contributed by atoms with Crippen molar-refractivity contribution in [2.75, 3.05) is 5.73 Å². The van der Waals surface area contributed by atoms with E-state index >= 15 is 0 Å². The monoisotopic (exact) mass is 255 g/mol. The Hall–Kier alpha value is -0.900. The fourth-order valence-electron chi connectivity index (χ4n) is 2.28. The lowest BCUT2D eigenvalue weighted by Crippen LogP contribution is -2.20. The van der Waals surface area contributed by atoms with Crippen LogP contribution in [-0.2, 0) is 16.6 Å². The molecule has 1 aromatic carbocycles. The average molecular weight is 255 g/mol. The van der Waals surface area contributed by atoms with E-state index in [1.807, 2.05) is 0 Å². The van der Waals surface area contributed by atoms with Gasteiger partial charge in [0.25, 0.3) is 0 Å². The number of nitrogen functional groups attached to an aromatic ring is 1. The van der Waals surface area contributed by atoms with Gasteiger partial charge in [0, 0.05) is 27.3 Å². The molecule has 1 aliphatic rings. The molecule has 2 N–H and O–H groups in total. The largest absolute Gasteiger partial charge is 0.399 e. The van der Waals surface area contributed by atoms with Crippen molar-refractivity contribution < 1.29 is 8.60 Å². The predicted molar refractivity (Wildman–Crippen MR) is 69.5 cm³/mol. The first-order valence-corrected chi connectivity index (χ1v) is 7.46. The summed E-state index contributed by atoms with van der Waals surface area (Å²) >= 11 is 0. The first-order valence-electron chi connectivity index (χ1n) is 6.08. The van der Waals surface area contributed by atoms with E-state index in [4.69, 9.17) is 5.73 Å². The number of hydrogen-bond acceptors (Lipinski definition) is 2. The topological polar surface area (TPSA) is 43.1 Å². The third-order valence-corrected chi connectivity index (χ3v) is 5.11. The molecule has 0 radical (unpaired) electrons. The van der Waals surface area contributed by atoms with Gasteiger partial charge in [0.2, 0.25) is 0 Å². The molecule has 1 aliphatic carbocycles. The average Bonchev–Trinajstić information content (AvgIpc) is 2.34. The summed E-state index contributed by atoms with van der Waals surface area (Å²) in [5, 5.41) is 0.251. The van der Waals surface area contributed by atoms with Gasteiger partial charge in [-0.3, -0.25) is 4.21 Å². The van der Waals surface area contributed by atoms with Crippen LogP contribution in [0.15, 0.2) is 18.2 Å². The first-order chi connectivity index (χ1) is 8.16. The van der Waals surface area contributed by atoms with Crippen molar-refractivity contribution in [3.63, 3.8) is 0 Å². The summed E-state index contributed by atoms with van der Waals surface area (Å²) in [7, 11) is -0.955. The van der Waals surface area contributed by atoms with Crippen LogP contribution >= 0.6 is 0 Å². The maximum Gasteiger partial charge on any atom is 0.129 e. The van der Waals surface area contributed by atoms with Crippen LogP contribution in [0.1, 0.15) is 37.7 Å². The fourth-order valence-corrected chi connectivity index (χ4v) is 3.92. The minimum Gasteiger partial charge on any atom is -0.399 e. The van der Waals surface area contributed by atoms with E-state index < -0.39 is 10.8 Å². The Morgan fingerprint density at radius 2 is 2.00 bits per heavy atom. The summed E-state index contributed by atoms with van der Waals surface area (Å²) in [4.78, 5) is 0. The Balaban J connectivity index is 2.02. The minimum atomic E-state index is -0.955. The highest BCUT2D eigenvalue weighted by molar-refractivity contribution is 7.84. The smallest absolute Gasteiger partial charge is 0.129 e. The maximum atomic E-state index is 13.6. The molecule has 1 saturated carbocycles. The minimum absolute atomic E-state index is 0.251. The molecule has 0 aliphatic heterocycles. The zero-order valence-electron chi connectivity index (χ0n) is 9.82. The highest BCUT2D eigenvalue weighted by atomic mass is 32.2. The van der Waals surface area contributed by atoms with Gasteiger partial charge in [-0.25, -0.2) is 4.39 Å². The highest BCUT2D eigenvalue weighted by Crippen LogP contribution is 2.24. The second kappa shape index (κ2) is 5.63. The van der Waals surface area contributed by atoms with Gasteiger partial charge in [0.15, 0.2) is 0 Å². The lowest BCUT2D eigenvalue weighted by Gasteiger charge is -2.21. The maximum absolute atomic E-state index is 13.6. The van der Waals surface area contributed by atoms with Crippen molar-refractivity contribution in [2.24, 2.45) is 0 Å². The predicted octanol–water partition coefficient (Wildman–Crippen LogP) is 2.99. The second-order valence-corrected chi connectivity index (χ2v) is 6.35. The zero-order valence-corrected chi connectivity index (χ0v) is 10.6. The van der Waals surface area contributed by atoms with Crippen LogP contribution in [0.5, 0.6) is 0 Å². The van der Waals surface area contributed by atoms with Crippen molar-refractivity contribution >= 4 is 16.5 Å². The fraction of sp³-hybridized carbons (Fsp3) is 0.538. The summed E-state index contributed by atoms with van der Waals surface area (Å²) in [6, 6.07) is 4.61. The summed E-state index contributed by atoms with van der Waals surface area (Å²) in [6.45, 7) is 0. The molecule has 17 heavy (non-hydrogen) atoms. The molecule has 1 atom stereocenters. The number of nitrogens with two attached hydrogens (primary N) is 1. The Labute approximate surface area is 104 Å². The number of rotatable bonds is 3. The standard InChI is InChI=1S/C13H18FNOS/c14-13-8-11(15)7-6-10(13)9-17(16)12-4-2-1-3-5-12/h6-8,12H,1-5,9,15H2. The molecule has 1 unspecified atom stereocenters. The number of benzene rings is 1.